The minimum absolute atomic E-state index is 0.463. The van der Waals surface area contributed by atoms with Gasteiger partial charge in [0.15, 0.2) is 5.82 Å². The van der Waals surface area contributed by atoms with Crippen LogP contribution < -0.4 is 5.32 Å². The Kier molecular flexibility index (Phi) is 3.90. The number of fused-ring (bicyclic) bond motifs is 1. The molecule has 4 heterocycles. The van der Waals surface area contributed by atoms with Crippen molar-refractivity contribution < 1.29 is 0 Å². The SMILES string of the molecule is c1cc(CN2CCC(Nc3ncnc4cc[nH]c34)CC2)ccn1. The lowest BCUT2D eigenvalue weighted by Gasteiger charge is -2.32. The van der Waals surface area contributed by atoms with E-state index in [0.29, 0.717) is 6.04 Å². The fourth-order valence-corrected chi connectivity index (χ4v) is 3.16. The number of nitrogens with zero attached hydrogens (tertiary/aromatic N) is 4. The minimum atomic E-state index is 0.463. The van der Waals surface area contributed by atoms with E-state index in [9.17, 15) is 0 Å². The van der Waals surface area contributed by atoms with Crippen molar-refractivity contribution in [2.75, 3.05) is 18.4 Å². The van der Waals surface area contributed by atoms with Crippen LogP contribution in [0.1, 0.15) is 18.4 Å². The molecular formula is C17H20N6. The predicted octanol–water partition coefficient (Wildman–Crippen LogP) is 2.43. The molecule has 6 heteroatoms. The number of nitrogens with one attached hydrogen (secondary N) is 2. The van der Waals surface area contributed by atoms with Gasteiger partial charge in [-0.15, -0.1) is 0 Å². The summed E-state index contributed by atoms with van der Waals surface area (Å²) in [5.41, 5.74) is 3.28. The van der Waals surface area contributed by atoms with Crippen molar-refractivity contribution in [2.45, 2.75) is 25.4 Å². The van der Waals surface area contributed by atoms with Crippen molar-refractivity contribution in [2.24, 2.45) is 0 Å². The second kappa shape index (κ2) is 6.34. The van der Waals surface area contributed by atoms with E-state index in [2.05, 4.69) is 42.3 Å². The molecule has 0 saturated carbocycles. The summed E-state index contributed by atoms with van der Waals surface area (Å²) < 4.78 is 0. The van der Waals surface area contributed by atoms with E-state index in [4.69, 9.17) is 0 Å². The highest BCUT2D eigenvalue weighted by Crippen LogP contribution is 2.21. The zero-order chi connectivity index (χ0) is 15.5. The molecule has 3 aromatic rings. The lowest BCUT2D eigenvalue weighted by molar-refractivity contribution is 0.211. The van der Waals surface area contributed by atoms with Gasteiger partial charge in [-0.2, -0.15) is 0 Å². The van der Waals surface area contributed by atoms with Gasteiger partial charge >= 0.3 is 0 Å². The molecule has 1 aliphatic heterocycles. The summed E-state index contributed by atoms with van der Waals surface area (Å²) in [7, 11) is 0. The molecule has 0 bridgehead atoms. The molecule has 0 amide bonds. The third-order valence-corrected chi connectivity index (χ3v) is 4.43. The maximum absolute atomic E-state index is 4.39. The molecule has 4 rings (SSSR count). The van der Waals surface area contributed by atoms with Gasteiger partial charge in [0.05, 0.1) is 5.52 Å². The molecule has 0 aromatic carbocycles. The maximum Gasteiger partial charge on any atom is 0.154 e. The van der Waals surface area contributed by atoms with Crippen LogP contribution in [0.15, 0.2) is 43.1 Å². The molecule has 23 heavy (non-hydrogen) atoms. The summed E-state index contributed by atoms with van der Waals surface area (Å²) in [6.07, 6.45) is 9.49. The van der Waals surface area contributed by atoms with E-state index in [-0.39, 0.29) is 0 Å². The Balaban J connectivity index is 1.36. The zero-order valence-corrected chi connectivity index (χ0v) is 12.9. The first-order valence-electron chi connectivity index (χ1n) is 8.04. The van der Waals surface area contributed by atoms with E-state index in [1.54, 1.807) is 6.33 Å². The molecule has 1 aliphatic rings. The average molecular weight is 308 g/mol. The number of piperidine rings is 1. The number of hydrogen-bond donors (Lipinski definition) is 2. The highest BCUT2D eigenvalue weighted by atomic mass is 15.2. The van der Waals surface area contributed by atoms with Crippen LogP contribution >= 0.6 is 0 Å². The predicted molar refractivity (Wildman–Crippen MR) is 90.0 cm³/mol. The van der Waals surface area contributed by atoms with Gasteiger partial charge in [0.1, 0.15) is 11.8 Å². The van der Waals surface area contributed by atoms with Crippen molar-refractivity contribution in [1.29, 1.82) is 0 Å². The second-order valence-electron chi connectivity index (χ2n) is 6.01. The number of aromatic amines is 1. The van der Waals surface area contributed by atoms with Crippen LogP contribution in [0, 0.1) is 0 Å². The van der Waals surface area contributed by atoms with Crippen LogP contribution in [0.25, 0.3) is 11.0 Å². The third-order valence-electron chi connectivity index (χ3n) is 4.43. The van der Waals surface area contributed by atoms with Crippen molar-refractivity contribution in [3.8, 4) is 0 Å². The molecule has 2 N–H and O–H groups in total. The first kappa shape index (κ1) is 14.1. The van der Waals surface area contributed by atoms with Crippen LogP contribution in [0.2, 0.25) is 0 Å². The summed E-state index contributed by atoms with van der Waals surface area (Å²) in [6.45, 7) is 3.20. The van der Waals surface area contributed by atoms with Crippen LogP contribution in [-0.2, 0) is 6.54 Å². The van der Waals surface area contributed by atoms with Crippen LogP contribution in [0.3, 0.4) is 0 Å². The Morgan fingerprint density at radius 1 is 1.13 bits per heavy atom. The quantitative estimate of drug-likeness (QED) is 0.774. The molecule has 0 aliphatic carbocycles. The topological polar surface area (TPSA) is 69.7 Å². The van der Waals surface area contributed by atoms with Crippen molar-refractivity contribution >= 4 is 16.9 Å². The number of anilines is 1. The van der Waals surface area contributed by atoms with E-state index in [0.717, 1.165) is 49.3 Å². The molecule has 0 atom stereocenters. The molecule has 0 spiro atoms. The van der Waals surface area contributed by atoms with Crippen molar-refractivity contribution in [3.63, 3.8) is 0 Å². The van der Waals surface area contributed by atoms with E-state index in [1.807, 2.05) is 24.7 Å². The minimum Gasteiger partial charge on any atom is -0.365 e. The van der Waals surface area contributed by atoms with Gasteiger partial charge in [-0.3, -0.25) is 9.88 Å². The number of hydrogen-bond acceptors (Lipinski definition) is 5. The van der Waals surface area contributed by atoms with Crippen molar-refractivity contribution in [3.05, 3.63) is 48.7 Å². The highest BCUT2D eigenvalue weighted by Gasteiger charge is 2.20. The summed E-state index contributed by atoms with van der Waals surface area (Å²) in [5, 5.41) is 3.58. The molecule has 0 unspecified atom stereocenters. The second-order valence-corrected chi connectivity index (χ2v) is 6.01. The van der Waals surface area contributed by atoms with Crippen LogP contribution in [0.5, 0.6) is 0 Å². The number of H-pyrrole nitrogens is 1. The lowest BCUT2D eigenvalue weighted by Crippen LogP contribution is -2.38. The Morgan fingerprint density at radius 3 is 2.78 bits per heavy atom. The van der Waals surface area contributed by atoms with E-state index >= 15 is 0 Å². The summed E-state index contributed by atoms with van der Waals surface area (Å²) >= 11 is 0. The molecule has 1 saturated heterocycles. The van der Waals surface area contributed by atoms with Gasteiger partial charge in [0.25, 0.3) is 0 Å². The summed E-state index contributed by atoms with van der Waals surface area (Å²) in [4.78, 5) is 18.4. The molecule has 3 aromatic heterocycles. The Morgan fingerprint density at radius 2 is 1.96 bits per heavy atom. The first-order valence-corrected chi connectivity index (χ1v) is 8.04. The largest absolute Gasteiger partial charge is 0.365 e. The van der Waals surface area contributed by atoms with Gasteiger partial charge in [-0.05, 0) is 36.6 Å². The Labute approximate surface area is 135 Å². The standard InChI is InChI=1S/C17H20N6/c1-6-18-7-2-13(1)11-23-9-4-14(5-10-23)22-17-16-15(3-8-19-16)20-12-21-17/h1-3,6-8,12,14,19H,4-5,9-11H2,(H,20,21,22). The fourth-order valence-electron chi connectivity index (χ4n) is 3.16. The molecule has 6 nitrogen and oxygen atoms in total. The van der Waals surface area contributed by atoms with Gasteiger partial charge in [-0.1, -0.05) is 0 Å². The van der Waals surface area contributed by atoms with Gasteiger partial charge in [0.2, 0.25) is 0 Å². The van der Waals surface area contributed by atoms with E-state index in [1.165, 1.54) is 5.56 Å². The molecule has 118 valence electrons. The Bertz CT molecular complexity index is 761. The first-order chi connectivity index (χ1) is 11.4. The number of pyridine rings is 1. The Hall–Kier alpha value is -2.47. The smallest absolute Gasteiger partial charge is 0.154 e. The number of rotatable bonds is 4. The zero-order valence-electron chi connectivity index (χ0n) is 12.9. The monoisotopic (exact) mass is 308 g/mol. The number of likely N-dealkylation sites (tertiary alicyclic amines) is 1. The maximum atomic E-state index is 4.39. The highest BCUT2D eigenvalue weighted by molar-refractivity contribution is 5.85. The fraction of sp³-hybridized carbons (Fsp3) is 0.353. The average Bonchev–Trinajstić information content (AvgIpc) is 3.07. The molecule has 0 radical (unpaired) electrons. The molecule has 1 fully saturated rings. The van der Waals surface area contributed by atoms with Gasteiger partial charge in [-0.25, -0.2) is 9.97 Å². The summed E-state index contributed by atoms with van der Waals surface area (Å²) in [5.74, 6) is 0.910. The third kappa shape index (κ3) is 3.17. The number of aromatic nitrogens is 4. The van der Waals surface area contributed by atoms with Gasteiger partial charge in [0, 0.05) is 44.3 Å². The van der Waals surface area contributed by atoms with Crippen LogP contribution in [-0.4, -0.2) is 44.0 Å². The molecular weight excluding hydrogens is 288 g/mol. The normalized spacial score (nSPS) is 16.7. The van der Waals surface area contributed by atoms with Crippen molar-refractivity contribution in [1.82, 2.24) is 24.8 Å². The lowest BCUT2D eigenvalue weighted by atomic mass is 10.0. The summed E-state index contributed by atoms with van der Waals surface area (Å²) in [6, 6.07) is 6.62. The van der Waals surface area contributed by atoms with Crippen LogP contribution in [0.4, 0.5) is 5.82 Å². The van der Waals surface area contributed by atoms with E-state index < -0.39 is 0 Å². The van der Waals surface area contributed by atoms with Gasteiger partial charge < -0.3 is 10.3 Å².